The zero-order valence-corrected chi connectivity index (χ0v) is 21.9. The maximum atomic E-state index is 12.9. The van der Waals surface area contributed by atoms with Gasteiger partial charge in [0.2, 0.25) is 0 Å². The summed E-state index contributed by atoms with van der Waals surface area (Å²) in [6.07, 6.45) is 1.62. The van der Waals surface area contributed by atoms with E-state index in [1.165, 1.54) is 5.56 Å². The number of carbonyl (C=O) groups is 3. The van der Waals surface area contributed by atoms with E-state index in [2.05, 4.69) is 16.0 Å². The molecule has 3 amide bonds. The van der Waals surface area contributed by atoms with Crippen molar-refractivity contribution in [3.05, 3.63) is 105 Å². The predicted octanol–water partition coefficient (Wildman–Crippen LogP) is 4.88. The number of aliphatic carboxylic acids is 1. The van der Waals surface area contributed by atoms with Gasteiger partial charge in [0.1, 0.15) is 6.04 Å². The molecular weight excluding hydrogens is 529 g/mol. The lowest BCUT2D eigenvalue weighted by Gasteiger charge is -2.19. The third-order valence-electron chi connectivity index (χ3n) is 6.22. The number of carbonyl (C=O) groups excluding carboxylic acids is 2. The summed E-state index contributed by atoms with van der Waals surface area (Å²) < 4.78 is 5.69. The number of rotatable bonds is 10. The van der Waals surface area contributed by atoms with Gasteiger partial charge in [-0.15, -0.1) is 0 Å². The van der Waals surface area contributed by atoms with E-state index in [-0.39, 0.29) is 34.8 Å². The molecule has 0 heterocycles. The van der Waals surface area contributed by atoms with Crippen molar-refractivity contribution < 1.29 is 24.2 Å². The molecule has 0 bridgehead atoms. The van der Waals surface area contributed by atoms with Crippen molar-refractivity contribution in [2.75, 3.05) is 6.54 Å². The average molecular weight is 556 g/mol. The standard InChI is InChI=1S/C28H27Cl2N3O5/c29-21-12-18(16-38-15-17-6-2-1-3-7-17)13-22(30)25(21)26(34)32-24(27(35)36)14-31-28(37)33-23-11-10-19-8-4-5-9-20(19)23/h1-9,12-13,23-24H,10-11,14-16H2,(H,32,34)(H,35,36)(H2,31,33,37). The zero-order chi connectivity index (χ0) is 27.1. The van der Waals surface area contributed by atoms with Gasteiger partial charge in [-0.1, -0.05) is 77.8 Å². The van der Waals surface area contributed by atoms with Crippen molar-refractivity contribution in [1.82, 2.24) is 16.0 Å². The molecule has 4 rings (SSSR count). The molecule has 0 aromatic heterocycles. The van der Waals surface area contributed by atoms with Gasteiger partial charge >= 0.3 is 12.0 Å². The van der Waals surface area contributed by atoms with Gasteiger partial charge in [0.15, 0.2) is 0 Å². The molecule has 10 heteroatoms. The van der Waals surface area contributed by atoms with Crippen LogP contribution in [0.4, 0.5) is 4.79 Å². The number of fused-ring (bicyclic) bond motifs is 1. The monoisotopic (exact) mass is 555 g/mol. The van der Waals surface area contributed by atoms with Crippen LogP contribution in [0.1, 0.15) is 45.1 Å². The Hall–Kier alpha value is -3.59. The number of halogens is 2. The molecule has 8 nitrogen and oxygen atoms in total. The number of benzene rings is 3. The molecular formula is C28H27Cl2N3O5. The highest BCUT2D eigenvalue weighted by molar-refractivity contribution is 6.39. The molecule has 3 aromatic carbocycles. The highest BCUT2D eigenvalue weighted by atomic mass is 35.5. The van der Waals surface area contributed by atoms with Crippen molar-refractivity contribution in [2.45, 2.75) is 38.1 Å². The van der Waals surface area contributed by atoms with Crippen molar-refractivity contribution in [2.24, 2.45) is 0 Å². The van der Waals surface area contributed by atoms with Gasteiger partial charge < -0.3 is 25.8 Å². The fourth-order valence-corrected chi connectivity index (χ4v) is 5.03. The molecule has 0 radical (unpaired) electrons. The van der Waals surface area contributed by atoms with Gasteiger partial charge in [-0.25, -0.2) is 9.59 Å². The molecule has 1 aliphatic carbocycles. The lowest BCUT2D eigenvalue weighted by atomic mass is 10.1. The summed E-state index contributed by atoms with van der Waals surface area (Å²) >= 11 is 12.6. The van der Waals surface area contributed by atoms with E-state index >= 15 is 0 Å². The smallest absolute Gasteiger partial charge is 0.328 e. The topological polar surface area (TPSA) is 117 Å². The molecule has 38 heavy (non-hydrogen) atoms. The fourth-order valence-electron chi connectivity index (χ4n) is 4.33. The molecule has 0 saturated heterocycles. The summed E-state index contributed by atoms with van der Waals surface area (Å²) in [5.41, 5.74) is 3.84. The number of amides is 3. The molecule has 3 aromatic rings. The lowest BCUT2D eigenvalue weighted by molar-refractivity contribution is -0.139. The maximum Gasteiger partial charge on any atom is 0.328 e. The van der Waals surface area contributed by atoms with Gasteiger partial charge in [-0.05, 0) is 47.2 Å². The highest BCUT2D eigenvalue weighted by Crippen LogP contribution is 2.30. The number of carboxylic acids is 1. The highest BCUT2D eigenvalue weighted by Gasteiger charge is 2.26. The maximum absolute atomic E-state index is 12.9. The van der Waals surface area contributed by atoms with Crippen molar-refractivity contribution in [1.29, 1.82) is 0 Å². The number of aryl methyl sites for hydroxylation is 1. The summed E-state index contributed by atoms with van der Waals surface area (Å²) in [6.45, 7) is 0.285. The van der Waals surface area contributed by atoms with Crippen LogP contribution in [0.15, 0.2) is 66.7 Å². The van der Waals surface area contributed by atoms with Crippen LogP contribution in [0.3, 0.4) is 0 Å². The summed E-state index contributed by atoms with van der Waals surface area (Å²) in [4.78, 5) is 37.1. The minimum atomic E-state index is -1.40. The molecule has 2 atom stereocenters. The molecule has 0 aliphatic heterocycles. The summed E-state index contributed by atoms with van der Waals surface area (Å²) in [6, 6.07) is 18.5. The van der Waals surface area contributed by atoms with E-state index in [0.29, 0.717) is 12.2 Å². The third-order valence-corrected chi connectivity index (χ3v) is 6.81. The number of carboxylic acid groups (broad SMARTS) is 1. The van der Waals surface area contributed by atoms with E-state index < -0.39 is 23.9 Å². The van der Waals surface area contributed by atoms with Gasteiger partial charge in [-0.3, -0.25) is 4.79 Å². The first-order valence-electron chi connectivity index (χ1n) is 12.1. The Morgan fingerprint density at radius 1 is 0.947 bits per heavy atom. The fraction of sp³-hybridized carbons (Fsp3) is 0.250. The number of urea groups is 1. The molecule has 2 unspecified atom stereocenters. The first kappa shape index (κ1) is 27.4. The van der Waals surface area contributed by atoms with Gasteiger partial charge in [0, 0.05) is 0 Å². The van der Waals surface area contributed by atoms with E-state index in [0.717, 1.165) is 24.0 Å². The molecule has 0 saturated carbocycles. The van der Waals surface area contributed by atoms with Crippen LogP contribution < -0.4 is 16.0 Å². The lowest BCUT2D eigenvalue weighted by Crippen LogP contribution is -2.50. The number of nitrogens with one attached hydrogen (secondary N) is 3. The molecule has 0 fully saturated rings. The molecule has 0 spiro atoms. The Kier molecular flexibility index (Phi) is 9.23. The average Bonchev–Trinajstić information content (AvgIpc) is 3.29. The predicted molar refractivity (Wildman–Crippen MR) is 144 cm³/mol. The van der Waals surface area contributed by atoms with Crippen LogP contribution in [0.25, 0.3) is 0 Å². The van der Waals surface area contributed by atoms with Crippen molar-refractivity contribution >= 4 is 41.1 Å². The van der Waals surface area contributed by atoms with E-state index in [4.69, 9.17) is 27.9 Å². The second-order valence-electron chi connectivity index (χ2n) is 8.92. The second-order valence-corrected chi connectivity index (χ2v) is 9.74. The van der Waals surface area contributed by atoms with Crippen molar-refractivity contribution in [3.63, 3.8) is 0 Å². The van der Waals surface area contributed by atoms with Crippen LogP contribution in [0.5, 0.6) is 0 Å². The van der Waals surface area contributed by atoms with E-state index in [9.17, 15) is 19.5 Å². The summed E-state index contributed by atoms with van der Waals surface area (Å²) in [5, 5.41) is 17.5. The molecule has 1 aliphatic rings. The quantitative estimate of drug-likeness (QED) is 0.284. The summed E-state index contributed by atoms with van der Waals surface area (Å²) in [5.74, 6) is -2.08. The third kappa shape index (κ3) is 7.04. The molecule has 198 valence electrons. The Bertz CT molecular complexity index is 1300. The Morgan fingerprint density at radius 2 is 1.61 bits per heavy atom. The van der Waals surface area contributed by atoms with Crippen LogP contribution in [0.2, 0.25) is 10.0 Å². The van der Waals surface area contributed by atoms with Gasteiger partial charge in [-0.2, -0.15) is 0 Å². The van der Waals surface area contributed by atoms with Gasteiger partial charge in [0.05, 0.1) is 41.4 Å². The van der Waals surface area contributed by atoms with Crippen LogP contribution in [-0.4, -0.2) is 35.6 Å². The number of hydrogen-bond acceptors (Lipinski definition) is 4. The van der Waals surface area contributed by atoms with Crippen LogP contribution in [0, 0.1) is 0 Å². The van der Waals surface area contributed by atoms with E-state index in [1.54, 1.807) is 12.1 Å². The summed E-state index contributed by atoms with van der Waals surface area (Å²) in [7, 11) is 0. The first-order valence-corrected chi connectivity index (χ1v) is 12.8. The Morgan fingerprint density at radius 3 is 2.32 bits per heavy atom. The van der Waals surface area contributed by atoms with E-state index in [1.807, 2.05) is 54.6 Å². The number of hydrogen-bond donors (Lipinski definition) is 4. The van der Waals surface area contributed by atoms with Crippen LogP contribution in [-0.2, 0) is 29.2 Å². The van der Waals surface area contributed by atoms with Crippen LogP contribution >= 0.6 is 23.2 Å². The Labute approximate surface area is 230 Å². The zero-order valence-electron chi connectivity index (χ0n) is 20.4. The SMILES string of the molecule is O=C(NCC(NC(=O)c1c(Cl)cc(COCc2ccccc2)cc1Cl)C(=O)O)NC1CCc2ccccc21. The van der Waals surface area contributed by atoms with Crippen molar-refractivity contribution in [3.8, 4) is 0 Å². The number of ether oxygens (including phenoxy) is 1. The van der Waals surface area contributed by atoms with Gasteiger partial charge in [0.25, 0.3) is 5.91 Å². The minimum Gasteiger partial charge on any atom is -0.480 e. The first-order chi connectivity index (χ1) is 18.3. The Balaban J connectivity index is 1.31. The minimum absolute atomic E-state index is 0.0570. The normalized spacial score (nSPS) is 14.8. The second kappa shape index (κ2) is 12.8. The molecule has 4 N–H and O–H groups in total. The largest absolute Gasteiger partial charge is 0.480 e.